The minimum absolute atomic E-state index is 0.0275. The standard InChI is InChI=1S/C8H15N3O2S2/c1-6-8(14-11-10-6)7(9-2)4-5-15(3,12)13/h7,9H,4-5H2,1-3H3. The Morgan fingerprint density at radius 2 is 2.20 bits per heavy atom. The Morgan fingerprint density at radius 3 is 2.60 bits per heavy atom. The molecule has 1 rings (SSSR count). The van der Waals surface area contributed by atoms with Gasteiger partial charge in [0, 0.05) is 12.3 Å². The minimum atomic E-state index is -2.91. The Labute approximate surface area is 94.0 Å². The van der Waals surface area contributed by atoms with Crippen molar-refractivity contribution in [1.82, 2.24) is 14.9 Å². The number of rotatable bonds is 5. The summed E-state index contributed by atoms with van der Waals surface area (Å²) in [4.78, 5) is 1.01. The monoisotopic (exact) mass is 249 g/mol. The molecule has 5 nitrogen and oxygen atoms in total. The van der Waals surface area contributed by atoms with Gasteiger partial charge in [0.1, 0.15) is 9.84 Å². The van der Waals surface area contributed by atoms with Crippen LogP contribution in [0.3, 0.4) is 0 Å². The lowest BCUT2D eigenvalue weighted by atomic mass is 10.1. The third-order valence-electron chi connectivity index (χ3n) is 2.13. The summed E-state index contributed by atoms with van der Waals surface area (Å²) < 4.78 is 25.9. The molecule has 86 valence electrons. The van der Waals surface area contributed by atoms with Crippen LogP contribution in [0.5, 0.6) is 0 Å². The van der Waals surface area contributed by atoms with Gasteiger partial charge in [-0.25, -0.2) is 8.42 Å². The number of aryl methyl sites for hydroxylation is 1. The van der Waals surface area contributed by atoms with E-state index in [0.717, 1.165) is 10.6 Å². The fourth-order valence-electron chi connectivity index (χ4n) is 1.30. The summed E-state index contributed by atoms with van der Waals surface area (Å²) in [7, 11) is -1.10. The molecule has 0 aliphatic carbocycles. The van der Waals surface area contributed by atoms with Gasteiger partial charge in [-0.3, -0.25) is 0 Å². The first-order valence-corrected chi connectivity index (χ1v) is 7.41. The maximum atomic E-state index is 11.1. The first-order valence-electron chi connectivity index (χ1n) is 4.58. The SMILES string of the molecule is CNC(CCS(C)(=O)=O)c1snnc1C. The number of hydrogen-bond donors (Lipinski definition) is 1. The molecule has 15 heavy (non-hydrogen) atoms. The molecule has 0 aliphatic rings. The van der Waals surface area contributed by atoms with Crippen LogP contribution in [0.25, 0.3) is 0 Å². The molecule has 0 radical (unpaired) electrons. The number of aromatic nitrogens is 2. The molecule has 1 atom stereocenters. The second-order valence-corrected chi connectivity index (χ2v) is 6.53. The molecular formula is C8H15N3O2S2. The van der Waals surface area contributed by atoms with E-state index in [1.54, 1.807) is 0 Å². The summed E-state index contributed by atoms with van der Waals surface area (Å²) in [6, 6.07) is 0.0275. The highest BCUT2D eigenvalue weighted by Gasteiger charge is 2.17. The number of nitrogens with zero attached hydrogens (tertiary/aromatic N) is 2. The molecule has 1 aromatic heterocycles. The molecule has 1 unspecified atom stereocenters. The van der Waals surface area contributed by atoms with E-state index in [1.165, 1.54) is 17.8 Å². The summed E-state index contributed by atoms with van der Waals surface area (Å²) in [5.74, 6) is 0.176. The van der Waals surface area contributed by atoms with Crippen molar-refractivity contribution in [2.24, 2.45) is 0 Å². The summed E-state index contributed by atoms with van der Waals surface area (Å²) in [6.07, 6.45) is 1.80. The smallest absolute Gasteiger partial charge is 0.147 e. The zero-order valence-corrected chi connectivity index (χ0v) is 10.7. The van der Waals surface area contributed by atoms with E-state index in [9.17, 15) is 8.42 Å². The van der Waals surface area contributed by atoms with E-state index in [2.05, 4.69) is 14.9 Å². The van der Waals surface area contributed by atoms with Crippen LogP contribution in [0, 0.1) is 6.92 Å². The summed E-state index contributed by atoms with van der Waals surface area (Å²) in [5.41, 5.74) is 0.868. The average Bonchev–Trinajstić information content (AvgIpc) is 2.52. The van der Waals surface area contributed by atoms with Crippen molar-refractivity contribution >= 4 is 21.4 Å². The van der Waals surface area contributed by atoms with Gasteiger partial charge in [-0.2, -0.15) is 0 Å². The largest absolute Gasteiger partial charge is 0.312 e. The second-order valence-electron chi connectivity index (χ2n) is 3.48. The average molecular weight is 249 g/mol. The van der Waals surface area contributed by atoms with Crippen LogP contribution < -0.4 is 5.32 Å². The van der Waals surface area contributed by atoms with Crippen LogP contribution in [0.4, 0.5) is 0 Å². The van der Waals surface area contributed by atoms with Crippen molar-refractivity contribution in [3.63, 3.8) is 0 Å². The van der Waals surface area contributed by atoms with Crippen molar-refractivity contribution in [2.45, 2.75) is 19.4 Å². The molecule has 1 N–H and O–H groups in total. The molecule has 0 amide bonds. The Balaban J connectivity index is 2.70. The predicted octanol–water partition coefficient (Wildman–Crippen LogP) is 0.542. The zero-order chi connectivity index (χ0) is 11.5. The van der Waals surface area contributed by atoms with Gasteiger partial charge in [-0.05, 0) is 31.9 Å². The van der Waals surface area contributed by atoms with Gasteiger partial charge >= 0.3 is 0 Å². The lowest BCUT2D eigenvalue weighted by molar-refractivity contribution is 0.562. The zero-order valence-electron chi connectivity index (χ0n) is 9.02. The van der Waals surface area contributed by atoms with Gasteiger partial charge < -0.3 is 5.32 Å². The van der Waals surface area contributed by atoms with Crippen LogP contribution in [-0.4, -0.2) is 37.1 Å². The third-order valence-corrected chi connectivity index (χ3v) is 4.05. The number of hydrogen-bond acceptors (Lipinski definition) is 6. The molecule has 7 heteroatoms. The maximum absolute atomic E-state index is 11.1. The van der Waals surface area contributed by atoms with Gasteiger partial charge in [0.05, 0.1) is 16.3 Å². The van der Waals surface area contributed by atoms with Crippen LogP contribution in [0.1, 0.15) is 23.0 Å². The van der Waals surface area contributed by atoms with Crippen LogP contribution >= 0.6 is 11.5 Å². The molecule has 1 heterocycles. The minimum Gasteiger partial charge on any atom is -0.312 e. The van der Waals surface area contributed by atoms with Gasteiger partial charge in [0.15, 0.2) is 0 Å². The highest BCUT2D eigenvalue weighted by atomic mass is 32.2. The topological polar surface area (TPSA) is 72.0 Å². The Morgan fingerprint density at radius 1 is 1.53 bits per heavy atom. The van der Waals surface area contributed by atoms with Gasteiger partial charge in [-0.1, -0.05) is 4.49 Å². The Bertz CT molecular complexity index is 413. The quantitative estimate of drug-likeness (QED) is 0.824. The predicted molar refractivity (Wildman–Crippen MR) is 60.8 cm³/mol. The van der Waals surface area contributed by atoms with Crippen LogP contribution in [-0.2, 0) is 9.84 Å². The number of sulfone groups is 1. The summed E-state index contributed by atoms with van der Waals surface area (Å²) in [6.45, 7) is 1.88. The Kier molecular flexibility index (Phi) is 4.18. The first kappa shape index (κ1) is 12.5. The molecule has 0 aromatic carbocycles. The first-order chi connectivity index (χ1) is 6.94. The highest BCUT2D eigenvalue weighted by molar-refractivity contribution is 7.90. The van der Waals surface area contributed by atoms with E-state index in [4.69, 9.17) is 0 Å². The number of nitrogens with one attached hydrogen (secondary N) is 1. The Hall–Kier alpha value is -0.530. The maximum Gasteiger partial charge on any atom is 0.147 e. The highest BCUT2D eigenvalue weighted by Crippen LogP contribution is 2.22. The molecule has 0 aliphatic heterocycles. The molecule has 1 aromatic rings. The summed E-state index contributed by atoms with van der Waals surface area (Å²) >= 11 is 1.31. The fourth-order valence-corrected chi connectivity index (χ4v) is 2.75. The molecule has 0 bridgehead atoms. The lowest BCUT2D eigenvalue weighted by Gasteiger charge is -2.13. The second kappa shape index (κ2) is 5.00. The van der Waals surface area contributed by atoms with Crippen molar-refractivity contribution < 1.29 is 8.42 Å². The van der Waals surface area contributed by atoms with E-state index in [0.29, 0.717) is 6.42 Å². The van der Waals surface area contributed by atoms with E-state index in [-0.39, 0.29) is 11.8 Å². The van der Waals surface area contributed by atoms with Crippen molar-refractivity contribution in [2.75, 3.05) is 19.1 Å². The van der Waals surface area contributed by atoms with Gasteiger partial charge in [0.25, 0.3) is 0 Å². The van der Waals surface area contributed by atoms with Crippen molar-refractivity contribution in [3.8, 4) is 0 Å². The molecule has 0 fully saturated rings. The third kappa shape index (κ3) is 3.84. The van der Waals surface area contributed by atoms with Crippen molar-refractivity contribution in [1.29, 1.82) is 0 Å². The van der Waals surface area contributed by atoms with Gasteiger partial charge in [0.2, 0.25) is 0 Å². The fraction of sp³-hybridized carbons (Fsp3) is 0.750. The van der Waals surface area contributed by atoms with Gasteiger partial charge in [-0.15, -0.1) is 5.10 Å². The summed E-state index contributed by atoms with van der Waals surface area (Å²) in [5, 5.41) is 6.99. The van der Waals surface area contributed by atoms with E-state index < -0.39 is 9.84 Å². The molecule has 0 saturated heterocycles. The molecular weight excluding hydrogens is 234 g/mol. The normalized spacial score (nSPS) is 14.1. The lowest BCUT2D eigenvalue weighted by Crippen LogP contribution is -2.19. The van der Waals surface area contributed by atoms with E-state index in [1.807, 2.05) is 14.0 Å². The van der Waals surface area contributed by atoms with Crippen LogP contribution in [0.15, 0.2) is 0 Å². The molecule has 0 spiro atoms. The van der Waals surface area contributed by atoms with Crippen LogP contribution in [0.2, 0.25) is 0 Å². The van der Waals surface area contributed by atoms with Crippen molar-refractivity contribution in [3.05, 3.63) is 10.6 Å². The molecule has 0 saturated carbocycles. The van der Waals surface area contributed by atoms with E-state index >= 15 is 0 Å².